The predicted octanol–water partition coefficient (Wildman–Crippen LogP) is 4.08. The van der Waals surface area contributed by atoms with Gasteiger partial charge in [-0.15, -0.1) is 0 Å². The Labute approximate surface area is 131 Å². The maximum absolute atomic E-state index is 6.13. The second-order valence-electron chi connectivity index (χ2n) is 4.11. The molecule has 5 nitrogen and oxygen atoms in total. The molecule has 0 saturated heterocycles. The first-order valence-corrected chi connectivity index (χ1v) is 6.79. The minimum atomic E-state index is 0.391. The molecule has 0 bridgehead atoms. The lowest BCUT2D eigenvalue weighted by molar-refractivity contribution is 1.03. The maximum Gasteiger partial charge on any atom is 0.148 e. The van der Waals surface area contributed by atoms with Crippen molar-refractivity contribution in [3.63, 3.8) is 0 Å². The second kappa shape index (κ2) is 6.01. The van der Waals surface area contributed by atoms with Crippen LogP contribution in [0, 0.1) is 13.8 Å². The van der Waals surface area contributed by atoms with Gasteiger partial charge < -0.3 is 10.7 Å². The Kier molecular flexibility index (Phi) is 4.55. The third-order valence-electron chi connectivity index (χ3n) is 2.66. The van der Waals surface area contributed by atoms with Crippen LogP contribution in [0.15, 0.2) is 12.1 Å². The first-order valence-electron chi connectivity index (χ1n) is 5.65. The number of hydrogen-bond acceptors (Lipinski definition) is 5. The van der Waals surface area contributed by atoms with Crippen molar-refractivity contribution < 1.29 is 0 Å². The molecule has 0 radical (unpaired) electrons. The van der Waals surface area contributed by atoms with Crippen LogP contribution < -0.4 is 16.6 Å². The number of hydrazine groups is 1. The fraction of sp³-hybridized carbons (Fsp3) is 0.167. The van der Waals surface area contributed by atoms with Crippen molar-refractivity contribution in [3.05, 3.63) is 38.6 Å². The molecule has 8 heteroatoms. The van der Waals surface area contributed by atoms with Gasteiger partial charge in [-0.1, -0.05) is 34.8 Å². The van der Waals surface area contributed by atoms with Crippen LogP contribution >= 0.6 is 34.8 Å². The summed E-state index contributed by atoms with van der Waals surface area (Å²) in [7, 11) is 0. The molecule has 106 valence electrons. The number of nitrogens with one attached hydrogen (secondary N) is 2. The van der Waals surface area contributed by atoms with Crippen molar-refractivity contribution in [2.45, 2.75) is 13.8 Å². The molecular formula is C12H12Cl3N5. The zero-order valence-corrected chi connectivity index (χ0v) is 13.0. The van der Waals surface area contributed by atoms with Crippen molar-refractivity contribution in [2.75, 3.05) is 10.7 Å². The molecule has 0 fully saturated rings. The summed E-state index contributed by atoms with van der Waals surface area (Å²) >= 11 is 18.0. The molecule has 1 aromatic heterocycles. The topological polar surface area (TPSA) is 75.9 Å². The van der Waals surface area contributed by atoms with Gasteiger partial charge in [-0.3, -0.25) is 0 Å². The first-order chi connectivity index (χ1) is 9.42. The molecule has 0 aliphatic rings. The van der Waals surface area contributed by atoms with E-state index < -0.39 is 0 Å². The van der Waals surface area contributed by atoms with E-state index in [9.17, 15) is 0 Å². The monoisotopic (exact) mass is 331 g/mol. The highest BCUT2D eigenvalue weighted by Gasteiger charge is 2.11. The van der Waals surface area contributed by atoms with Gasteiger partial charge in [0, 0.05) is 5.56 Å². The van der Waals surface area contributed by atoms with E-state index in [0.717, 1.165) is 5.56 Å². The summed E-state index contributed by atoms with van der Waals surface area (Å²) < 4.78 is 0. The van der Waals surface area contributed by atoms with Crippen molar-refractivity contribution in [1.29, 1.82) is 0 Å². The van der Waals surface area contributed by atoms with Crippen LogP contribution in [-0.4, -0.2) is 9.97 Å². The van der Waals surface area contributed by atoms with E-state index in [1.165, 1.54) is 0 Å². The van der Waals surface area contributed by atoms with E-state index in [1.807, 2.05) is 6.92 Å². The summed E-state index contributed by atoms with van der Waals surface area (Å²) in [5.74, 6) is 7.12. The molecule has 0 unspecified atom stereocenters. The molecule has 20 heavy (non-hydrogen) atoms. The van der Waals surface area contributed by atoms with E-state index in [0.29, 0.717) is 38.2 Å². The van der Waals surface area contributed by atoms with Gasteiger partial charge in [0.05, 0.1) is 20.8 Å². The Balaban J connectivity index is 2.45. The zero-order chi connectivity index (χ0) is 14.9. The van der Waals surface area contributed by atoms with Gasteiger partial charge in [-0.05, 0) is 26.0 Å². The average Bonchev–Trinajstić information content (AvgIpc) is 2.39. The number of benzene rings is 1. The number of halogens is 3. The fourth-order valence-corrected chi connectivity index (χ4v) is 2.23. The molecule has 2 rings (SSSR count). The largest absolute Gasteiger partial charge is 0.339 e. The normalized spacial score (nSPS) is 10.5. The van der Waals surface area contributed by atoms with Gasteiger partial charge in [-0.2, -0.15) is 0 Å². The lowest BCUT2D eigenvalue weighted by Crippen LogP contribution is -2.13. The molecule has 0 spiro atoms. The number of aromatic nitrogens is 2. The molecule has 0 amide bonds. The standard InChI is InChI=1S/C12H12Cl3N5/c1-5-11(17-6(2)18-12(5)20-16)19-10-4-8(14)7(13)3-9(10)15/h3-4H,16H2,1-2H3,(H2,17,18,19,20). The quantitative estimate of drug-likeness (QED) is 0.448. The fourth-order valence-electron chi connectivity index (χ4n) is 1.64. The Morgan fingerprint density at radius 3 is 2.20 bits per heavy atom. The number of anilines is 3. The van der Waals surface area contributed by atoms with E-state index >= 15 is 0 Å². The molecule has 1 aromatic carbocycles. The molecular weight excluding hydrogens is 321 g/mol. The third-order valence-corrected chi connectivity index (χ3v) is 3.69. The third kappa shape index (κ3) is 3.07. The van der Waals surface area contributed by atoms with Crippen molar-refractivity contribution in [2.24, 2.45) is 5.84 Å². The maximum atomic E-state index is 6.13. The molecule has 2 aromatic rings. The van der Waals surface area contributed by atoms with Crippen molar-refractivity contribution in [1.82, 2.24) is 9.97 Å². The van der Waals surface area contributed by atoms with Gasteiger partial charge in [0.1, 0.15) is 17.5 Å². The van der Waals surface area contributed by atoms with Crippen molar-refractivity contribution >= 4 is 52.1 Å². The van der Waals surface area contributed by atoms with Gasteiger partial charge >= 0.3 is 0 Å². The average molecular weight is 333 g/mol. The summed E-state index contributed by atoms with van der Waals surface area (Å²) in [5, 5.41) is 4.34. The van der Waals surface area contributed by atoms with Crippen LogP contribution in [-0.2, 0) is 0 Å². The van der Waals surface area contributed by atoms with E-state index in [4.69, 9.17) is 40.6 Å². The van der Waals surface area contributed by atoms with E-state index in [2.05, 4.69) is 20.7 Å². The number of hydrogen-bond donors (Lipinski definition) is 3. The highest BCUT2D eigenvalue weighted by molar-refractivity contribution is 6.44. The molecule has 1 heterocycles. The van der Waals surface area contributed by atoms with Crippen molar-refractivity contribution in [3.8, 4) is 0 Å². The smallest absolute Gasteiger partial charge is 0.148 e. The van der Waals surface area contributed by atoms with Crippen LogP contribution in [0.4, 0.5) is 17.3 Å². The molecule has 0 saturated carbocycles. The Hall–Kier alpha value is -1.27. The Morgan fingerprint density at radius 2 is 1.55 bits per heavy atom. The van der Waals surface area contributed by atoms with Gasteiger partial charge in [0.2, 0.25) is 0 Å². The molecule has 0 aliphatic carbocycles. The SMILES string of the molecule is Cc1nc(NN)c(C)c(Nc2cc(Cl)c(Cl)cc2Cl)n1. The number of rotatable bonds is 3. The highest BCUT2D eigenvalue weighted by Crippen LogP contribution is 2.34. The predicted molar refractivity (Wildman–Crippen MR) is 84.1 cm³/mol. The summed E-state index contributed by atoms with van der Waals surface area (Å²) in [6, 6.07) is 3.21. The Morgan fingerprint density at radius 1 is 0.950 bits per heavy atom. The minimum absolute atomic E-state index is 0.391. The van der Waals surface area contributed by atoms with E-state index in [1.54, 1.807) is 19.1 Å². The Bertz CT molecular complexity index is 660. The summed E-state index contributed by atoms with van der Waals surface area (Å²) in [6.45, 7) is 3.60. The van der Waals surface area contributed by atoms with Crippen LogP contribution in [0.1, 0.15) is 11.4 Å². The zero-order valence-electron chi connectivity index (χ0n) is 10.8. The van der Waals surface area contributed by atoms with Gasteiger partial charge in [0.25, 0.3) is 0 Å². The summed E-state index contributed by atoms with van der Waals surface area (Å²) in [5.41, 5.74) is 3.89. The van der Waals surface area contributed by atoms with Crippen LogP contribution in [0.5, 0.6) is 0 Å². The van der Waals surface area contributed by atoms with Gasteiger partial charge in [-0.25, -0.2) is 15.8 Å². The number of nitrogens with two attached hydrogens (primary N) is 1. The minimum Gasteiger partial charge on any atom is -0.339 e. The molecule has 0 atom stereocenters. The van der Waals surface area contributed by atoms with Crippen LogP contribution in [0.25, 0.3) is 0 Å². The second-order valence-corrected chi connectivity index (χ2v) is 5.33. The number of nitrogens with zero attached hydrogens (tertiary/aromatic N) is 2. The lowest BCUT2D eigenvalue weighted by Gasteiger charge is -2.14. The van der Waals surface area contributed by atoms with Crippen LogP contribution in [0.2, 0.25) is 15.1 Å². The number of aryl methyl sites for hydroxylation is 1. The molecule has 0 aliphatic heterocycles. The van der Waals surface area contributed by atoms with E-state index in [-0.39, 0.29) is 0 Å². The summed E-state index contributed by atoms with van der Waals surface area (Å²) in [6.07, 6.45) is 0. The number of nitrogen functional groups attached to an aromatic ring is 1. The van der Waals surface area contributed by atoms with Gasteiger partial charge in [0.15, 0.2) is 0 Å². The first kappa shape index (κ1) is 15.1. The summed E-state index contributed by atoms with van der Waals surface area (Å²) in [4.78, 5) is 8.50. The highest BCUT2D eigenvalue weighted by atomic mass is 35.5. The molecule has 4 N–H and O–H groups in total. The lowest BCUT2D eigenvalue weighted by atomic mass is 10.2. The van der Waals surface area contributed by atoms with Crippen LogP contribution in [0.3, 0.4) is 0 Å².